The maximum Gasteiger partial charge on any atom is 0.251 e. The normalized spacial score (nSPS) is 13.2. The predicted octanol–water partition coefficient (Wildman–Crippen LogP) is 3.33. The van der Waals surface area contributed by atoms with Gasteiger partial charge < -0.3 is 10.4 Å². The third-order valence-corrected chi connectivity index (χ3v) is 9.88. The molecular weight excluding hydrogens is 574 g/mol. The van der Waals surface area contributed by atoms with Crippen molar-refractivity contribution in [3.8, 4) is 0 Å². The van der Waals surface area contributed by atoms with Gasteiger partial charge in [-0.3, -0.25) is 9.10 Å². The van der Waals surface area contributed by atoms with E-state index < -0.39 is 38.1 Å². The van der Waals surface area contributed by atoms with E-state index in [1.54, 1.807) is 60.7 Å². The number of benzene rings is 4. The summed E-state index contributed by atoms with van der Waals surface area (Å²) in [4.78, 5) is 13.4. The molecule has 0 aromatic heterocycles. The van der Waals surface area contributed by atoms with Crippen LogP contribution in [0.25, 0.3) is 0 Å². The lowest BCUT2D eigenvalue weighted by Gasteiger charge is -2.25. The van der Waals surface area contributed by atoms with Crippen LogP contribution in [-0.2, 0) is 32.2 Å². The van der Waals surface area contributed by atoms with E-state index in [4.69, 9.17) is 0 Å². The lowest BCUT2D eigenvalue weighted by atomic mass is 10.0. The van der Waals surface area contributed by atoms with E-state index in [1.165, 1.54) is 25.2 Å². The average molecular weight is 608 g/mol. The summed E-state index contributed by atoms with van der Waals surface area (Å²) in [6.07, 6.45) is -1.05. The number of carbonyl (C=O) groups is 1. The van der Waals surface area contributed by atoms with Gasteiger partial charge in [0.05, 0.1) is 28.5 Å². The number of rotatable bonds is 13. The first-order valence-electron chi connectivity index (χ1n) is 13.2. The molecule has 0 aliphatic carbocycles. The third kappa shape index (κ3) is 8.26. The maximum atomic E-state index is 13.4. The van der Waals surface area contributed by atoms with Crippen LogP contribution in [0.4, 0.5) is 5.69 Å². The second-order valence-electron chi connectivity index (χ2n) is 9.76. The fraction of sp³-hybridized carbons (Fsp3) is 0.194. The zero-order chi connectivity index (χ0) is 30.2. The maximum absolute atomic E-state index is 13.4. The highest BCUT2D eigenvalue weighted by molar-refractivity contribution is 7.92. The number of amides is 1. The minimum atomic E-state index is -3.88. The Bertz CT molecular complexity index is 1680. The van der Waals surface area contributed by atoms with Crippen molar-refractivity contribution in [3.05, 3.63) is 132 Å². The second kappa shape index (κ2) is 13.8. The molecular formula is C31H33N3O6S2. The van der Waals surface area contributed by atoms with Gasteiger partial charge in [0.25, 0.3) is 5.91 Å². The topological polar surface area (TPSA) is 133 Å². The number of sulfonamides is 2. The summed E-state index contributed by atoms with van der Waals surface area (Å²) in [5.74, 6) is -0.748. The van der Waals surface area contributed by atoms with Crippen molar-refractivity contribution in [3.63, 3.8) is 0 Å². The molecule has 3 N–H and O–H groups in total. The van der Waals surface area contributed by atoms with Gasteiger partial charge in [-0.1, -0.05) is 84.9 Å². The van der Waals surface area contributed by atoms with Crippen molar-refractivity contribution in [2.75, 3.05) is 17.9 Å². The van der Waals surface area contributed by atoms with Crippen molar-refractivity contribution in [2.45, 2.75) is 29.2 Å². The first-order chi connectivity index (χ1) is 20.0. The van der Waals surface area contributed by atoms with E-state index in [-0.39, 0.29) is 29.2 Å². The van der Waals surface area contributed by atoms with Crippen LogP contribution in [0.1, 0.15) is 21.5 Å². The summed E-state index contributed by atoms with van der Waals surface area (Å²) in [7, 11) is -6.19. The smallest absolute Gasteiger partial charge is 0.251 e. The second-order valence-corrected chi connectivity index (χ2v) is 13.5. The van der Waals surface area contributed by atoms with Gasteiger partial charge >= 0.3 is 0 Å². The molecule has 0 bridgehead atoms. The van der Waals surface area contributed by atoms with Gasteiger partial charge in [-0.2, -0.15) is 0 Å². The molecule has 220 valence electrons. The van der Waals surface area contributed by atoms with E-state index in [0.29, 0.717) is 11.3 Å². The van der Waals surface area contributed by atoms with Crippen molar-refractivity contribution in [1.82, 2.24) is 10.0 Å². The van der Waals surface area contributed by atoms with E-state index in [2.05, 4.69) is 10.0 Å². The molecule has 0 aliphatic rings. The van der Waals surface area contributed by atoms with E-state index in [9.17, 15) is 26.7 Å². The summed E-state index contributed by atoms with van der Waals surface area (Å²) in [5.41, 5.74) is 1.95. The third-order valence-electron chi connectivity index (χ3n) is 6.70. The van der Waals surface area contributed by atoms with Gasteiger partial charge in [0.2, 0.25) is 20.0 Å². The molecule has 42 heavy (non-hydrogen) atoms. The minimum Gasteiger partial charge on any atom is -0.390 e. The SMILES string of the molecule is CN(c1cccc(C(=O)N[C@@H](Cc2ccccc2)[C@H](O)CNS(=O)(=O)c2ccccc2)c1)S(=O)(=O)Cc1ccccc1. The summed E-state index contributed by atoms with van der Waals surface area (Å²) in [5, 5.41) is 13.8. The Kier molecular flexibility index (Phi) is 10.1. The Morgan fingerprint density at radius 3 is 1.98 bits per heavy atom. The molecule has 4 rings (SSSR count). The number of hydrogen-bond acceptors (Lipinski definition) is 6. The number of anilines is 1. The summed E-state index contributed by atoms with van der Waals surface area (Å²) >= 11 is 0. The highest BCUT2D eigenvalue weighted by atomic mass is 32.2. The van der Waals surface area contributed by atoms with Crippen LogP contribution in [0, 0.1) is 0 Å². The highest BCUT2D eigenvalue weighted by Crippen LogP contribution is 2.21. The van der Waals surface area contributed by atoms with Gasteiger partial charge in [-0.25, -0.2) is 21.6 Å². The van der Waals surface area contributed by atoms with E-state index in [0.717, 1.165) is 9.87 Å². The van der Waals surface area contributed by atoms with Crippen LogP contribution in [0.2, 0.25) is 0 Å². The molecule has 2 atom stereocenters. The van der Waals surface area contributed by atoms with Crippen LogP contribution in [0.5, 0.6) is 0 Å². The van der Waals surface area contributed by atoms with Gasteiger partial charge in [0.15, 0.2) is 0 Å². The molecule has 0 spiro atoms. The number of aliphatic hydroxyl groups is 1. The monoisotopic (exact) mass is 607 g/mol. The Labute approximate surface area is 246 Å². The Balaban J connectivity index is 1.50. The van der Waals surface area contributed by atoms with Gasteiger partial charge in [0, 0.05) is 19.2 Å². The number of nitrogens with zero attached hydrogens (tertiary/aromatic N) is 1. The molecule has 0 heterocycles. The quantitative estimate of drug-likeness (QED) is 0.214. The number of hydrogen-bond donors (Lipinski definition) is 3. The zero-order valence-corrected chi connectivity index (χ0v) is 24.6. The lowest BCUT2D eigenvalue weighted by molar-refractivity contribution is 0.0840. The fourth-order valence-corrected chi connectivity index (χ4v) is 6.62. The number of aliphatic hydroxyl groups excluding tert-OH is 1. The van der Waals surface area contributed by atoms with E-state index in [1.807, 2.05) is 36.4 Å². The van der Waals surface area contributed by atoms with Crippen molar-refractivity contribution in [2.24, 2.45) is 0 Å². The Morgan fingerprint density at radius 2 is 1.36 bits per heavy atom. The Morgan fingerprint density at radius 1 is 0.786 bits per heavy atom. The largest absolute Gasteiger partial charge is 0.390 e. The molecule has 9 nitrogen and oxygen atoms in total. The summed E-state index contributed by atoms with van der Waals surface area (Å²) in [6.45, 7) is -0.338. The molecule has 4 aromatic rings. The van der Waals surface area contributed by atoms with Crippen LogP contribution >= 0.6 is 0 Å². The molecule has 0 saturated heterocycles. The fourth-order valence-electron chi connectivity index (χ4n) is 4.31. The molecule has 0 unspecified atom stereocenters. The van der Waals surface area contributed by atoms with Crippen LogP contribution < -0.4 is 14.3 Å². The minimum absolute atomic E-state index is 0.0593. The first kappa shape index (κ1) is 30.9. The van der Waals surface area contributed by atoms with Crippen LogP contribution in [0.3, 0.4) is 0 Å². The number of carbonyl (C=O) groups excluding carboxylic acids is 1. The molecule has 0 aliphatic heterocycles. The number of nitrogens with one attached hydrogen (secondary N) is 2. The molecule has 1 amide bonds. The van der Waals surface area contributed by atoms with Crippen LogP contribution in [0.15, 0.2) is 120 Å². The first-order valence-corrected chi connectivity index (χ1v) is 16.3. The molecule has 0 radical (unpaired) electrons. The van der Waals surface area contributed by atoms with Gasteiger partial charge in [-0.05, 0) is 47.9 Å². The summed E-state index contributed by atoms with van der Waals surface area (Å²) in [6, 6.07) is 31.1. The van der Waals surface area contributed by atoms with Crippen molar-refractivity contribution in [1.29, 1.82) is 0 Å². The van der Waals surface area contributed by atoms with Crippen molar-refractivity contribution >= 4 is 31.6 Å². The lowest BCUT2D eigenvalue weighted by Crippen LogP contribution is -2.49. The standard InChI is InChI=1S/C31H33N3O6S2/c1-34(41(37,38)23-25-14-7-3-8-15-25)27-17-11-16-26(21-27)31(36)33-29(20-24-12-5-2-6-13-24)30(35)22-32-42(39,40)28-18-9-4-10-19-28/h2-19,21,29-30,32,35H,20,22-23H2,1H3,(H,33,36)/t29-,30+/m0/s1. The van der Waals surface area contributed by atoms with Crippen LogP contribution in [-0.4, -0.2) is 53.6 Å². The molecule has 0 saturated carbocycles. The molecule has 0 fully saturated rings. The predicted molar refractivity (Wildman–Crippen MR) is 163 cm³/mol. The molecule has 4 aromatic carbocycles. The zero-order valence-electron chi connectivity index (χ0n) is 23.0. The average Bonchev–Trinajstić information content (AvgIpc) is 3.00. The van der Waals surface area contributed by atoms with Gasteiger partial charge in [-0.15, -0.1) is 0 Å². The molecule has 11 heteroatoms. The Hall–Kier alpha value is -4.03. The summed E-state index contributed by atoms with van der Waals surface area (Å²) < 4.78 is 55.0. The van der Waals surface area contributed by atoms with Gasteiger partial charge in [0.1, 0.15) is 0 Å². The van der Waals surface area contributed by atoms with E-state index >= 15 is 0 Å². The highest BCUT2D eigenvalue weighted by Gasteiger charge is 2.26. The van der Waals surface area contributed by atoms with Crippen molar-refractivity contribution < 1.29 is 26.7 Å².